The van der Waals surface area contributed by atoms with Gasteiger partial charge in [-0.15, -0.1) is 11.3 Å². The fourth-order valence-electron chi connectivity index (χ4n) is 3.27. The maximum absolute atomic E-state index is 12.8. The summed E-state index contributed by atoms with van der Waals surface area (Å²) in [4.78, 5) is 19.7. The number of aromatic nitrogens is 2. The van der Waals surface area contributed by atoms with Crippen molar-refractivity contribution in [2.45, 2.75) is 26.4 Å². The molecule has 4 rings (SSSR count). The number of rotatable bonds is 2. The number of fused-ring (bicyclic) bond motifs is 2. The molecule has 7 heteroatoms. The number of nitrogens with zero attached hydrogens (tertiary/aromatic N) is 3. The molecule has 1 aromatic carbocycles. The van der Waals surface area contributed by atoms with E-state index in [4.69, 9.17) is 16.6 Å². The van der Waals surface area contributed by atoms with Crippen molar-refractivity contribution in [2.24, 2.45) is 0 Å². The summed E-state index contributed by atoms with van der Waals surface area (Å²) in [5.74, 6) is 1.09. The Labute approximate surface area is 154 Å². The first-order valence-corrected chi connectivity index (χ1v) is 9.46. The predicted molar refractivity (Wildman–Crippen MR) is 101 cm³/mol. The summed E-state index contributed by atoms with van der Waals surface area (Å²) >= 11 is 7.51. The van der Waals surface area contributed by atoms with Gasteiger partial charge in [0, 0.05) is 43.2 Å². The van der Waals surface area contributed by atoms with Crippen LogP contribution < -0.4 is 5.56 Å². The lowest BCUT2D eigenvalue weighted by molar-refractivity contribution is 0.267. The van der Waals surface area contributed by atoms with Gasteiger partial charge < -0.3 is 5.11 Å². The fraction of sp³-hybridized carbons (Fsp3) is 0.333. The molecule has 0 atom stereocenters. The standard InChI is InChI=1S/C18H18ClN3O2S/c1-11-10-25-17-16(11)20-15-4-5-21(6-7-22(15)18(17)24)9-12-8-13(19)2-3-14(12)23/h2-3,8,10,23H,4-7,9H2,1H3. The average Bonchev–Trinajstić information content (AvgIpc) is 2.83. The molecule has 0 bridgehead atoms. The van der Waals surface area contributed by atoms with Crippen molar-refractivity contribution in [1.29, 1.82) is 0 Å². The van der Waals surface area contributed by atoms with E-state index in [0.717, 1.165) is 40.3 Å². The second-order valence-electron chi connectivity index (χ2n) is 6.38. The molecular weight excluding hydrogens is 358 g/mol. The molecule has 2 aromatic heterocycles. The molecule has 0 unspecified atom stereocenters. The summed E-state index contributed by atoms with van der Waals surface area (Å²) in [6.07, 6.45) is 0.710. The van der Waals surface area contributed by atoms with E-state index >= 15 is 0 Å². The summed E-state index contributed by atoms with van der Waals surface area (Å²) in [5.41, 5.74) is 2.76. The summed E-state index contributed by atoms with van der Waals surface area (Å²) in [7, 11) is 0. The van der Waals surface area contributed by atoms with Crippen molar-refractivity contribution < 1.29 is 5.11 Å². The predicted octanol–water partition coefficient (Wildman–Crippen LogP) is 3.18. The van der Waals surface area contributed by atoms with Gasteiger partial charge in [-0.3, -0.25) is 14.3 Å². The van der Waals surface area contributed by atoms with Gasteiger partial charge in [-0.1, -0.05) is 11.6 Å². The SMILES string of the molecule is Cc1csc2c(=O)n3c(nc12)CCN(Cc1cc(Cl)ccc1O)CC3. The van der Waals surface area contributed by atoms with Crippen LogP contribution in [-0.4, -0.2) is 32.6 Å². The van der Waals surface area contributed by atoms with Gasteiger partial charge in [0.05, 0.1) is 5.52 Å². The van der Waals surface area contributed by atoms with Gasteiger partial charge in [0.15, 0.2) is 0 Å². The zero-order valence-electron chi connectivity index (χ0n) is 13.8. The van der Waals surface area contributed by atoms with Crippen LogP contribution in [0.5, 0.6) is 5.75 Å². The van der Waals surface area contributed by atoms with E-state index in [-0.39, 0.29) is 11.3 Å². The molecule has 25 heavy (non-hydrogen) atoms. The van der Waals surface area contributed by atoms with E-state index in [1.807, 2.05) is 12.3 Å². The molecule has 0 saturated carbocycles. The quantitative estimate of drug-likeness (QED) is 0.747. The highest BCUT2D eigenvalue weighted by molar-refractivity contribution is 7.17. The van der Waals surface area contributed by atoms with Gasteiger partial charge >= 0.3 is 0 Å². The minimum absolute atomic E-state index is 0.0607. The first-order chi connectivity index (χ1) is 12.0. The highest BCUT2D eigenvalue weighted by Crippen LogP contribution is 2.24. The lowest BCUT2D eigenvalue weighted by Crippen LogP contribution is -2.28. The van der Waals surface area contributed by atoms with E-state index in [1.54, 1.807) is 22.8 Å². The van der Waals surface area contributed by atoms with Gasteiger partial charge in [-0.25, -0.2) is 4.98 Å². The average molecular weight is 376 g/mol. The molecule has 0 radical (unpaired) electrons. The van der Waals surface area contributed by atoms with Crippen molar-refractivity contribution >= 4 is 33.2 Å². The third-order valence-corrected chi connectivity index (χ3v) is 5.97. The van der Waals surface area contributed by atoms with Crippen LogP contribution in [0.4, 0.5) is 0 Å². The summed E-state index contributed by atoms with van der Waals surface area (Å²) in [6.45, 7) is 4.72. The maximum atomic E-state index is 12.8. The number of aryl methyl sites for hydroxylation is 1. The number of phenolic OH excluding ortho intramolecular Hbond substituents is 1. The molecule has 130 valence electrons. The third-order valence-electron chi connectivity index (χ3n) is 4.66. The monoisotopic (exact) mass is 375 g/mol. The molecular formula is C18H18ClN3O2S. The zero-order chi connectivity index (χ0) is 17.6. The number of halogens is 1. The number of hydrogen-bond acceptors (Lipinski definition) is 5. The van der Waals surface area contributed by atoms with Crippen LogP contribution in [0, 0.1) is 6.92 Å². The van der Waals surface area contributed by atoms with Crippen LogP contribution >= 0.6 is 22.9 Å². The Bertz CT molecular complexity index is 1010. The summed E-state index contributed by atoms with van der Waals surface area (Å²) < 4.78 is 2.54. The van der Waals surface area contributed by atoms with Gasteiger partial charge in [0.1, 0.15) is 16.3 Å². The second-order valence-corrected chi connectivity index (χ2v) is 7.70. The maximum Gasteiger partial charge on any atom is 0.271 e. The highest BCUT2D eigenvalue weighted by Gasteiger charge is 2.20. The van der Waals surface area contributed by atoms with Crippen molar-refractivity contribution in [3.63, 3.8) is 0 Å². The Morgan fingerprint density at radius 3 is 3.00 bits per heavy atom. The first kappa shape index (κ1) is 16.6. The molecule has 1 aliphatic rings. The van der Waals surface area contributed by atoms with Gasteiger partial charge in [-0.2, -0.15) is 0 Å². The summed E-state index contributed by atoms with van der Waals surface area (Å²) in [5, 5.41) is 12.6. The van der Waals surface area contributed by atoms with E-state index in [9.17, 15) is 9.90 Å². The van der Waals surface area contributed by atoms with Crippen molar-refractivity contribution in [2.75, 3.05) is 13.1 Å². The normalized spacial score (nSPS) is 15.3. The van der Waals surface area contributed by atoms with Gasteiger partial charge in [0.2, 0.25) is 0 Å². The van der Waals surface area contributed by atoms with Crippen molar-refractivity contribution in [3.8, 4) is 5.75 Å². The molecule has 0 spiro atoms. The van der Waals surface area contributed by atoms with Crippen LogP contribution in [-0.2, 0) is 19.5 Å². The van der Waals surface area contributed by atoms with E-state index < -0.39 is 0 Å². The molecule has 1 aliphatic heterocycles. The highest BCUT2D eigenvalue weighted by atomic mass is 35.5. The van der Waals surface area contributed by atoms with E-state index in [2.05, 4.69) is 4.90 Å². The summed E-state index contributed by atoms with van der Waals surface area (Å²) in [6, 6.07) is 5.09. The molecule has 3 aromatic rings. The molecule has 0 fully saturated rings. The smallest absolute Gasteiger partial charge is 0.271 e. The van der Waals surface area contributed by atoms with E-state index in [1.165, 1.54) is 11.3 Å². The lowest BCUT2D eigenvalue weighted by atomic mass is 10.2. The van der Waals surface area contributed by atoms with Crippen LogP contribution in [0.2, 0.25) is 5.02 Å². The minimum atomic E-state index is 0.0607. The molecule has 3 heterocycles. The van der Waals surface area contributed by atoms with Crippen LogP contribution in [0.1, 0.15) is 17.0 Å². The number of phenols is 1. The Kier molecular flexibility index (Phi) is 4.27. The lowest BCUT2D eigenvalue weighted by Gasteiger charge is -2.20. The molecule has 5 nitrogen and oxygen atoms in total. The fourth-order valence-corrected chi connectivity index (χ4v) is 4.40. The molecule has 0 saturated heterocycles. The zero-order valence-corrected chi connectivity index (χ0v) is 15.4. The molecule has 1 N–H and O–H groups in total. The van der Waals surface area contributed by atoms with Gasteiger partial charge in [0.25, 0.3) is 5.56 Å². The van der Waals surface area contributed by atoms with Gasteiger partial charge in [-0.05, 0) is 36.1 Å². The van der Waals surface area contributed by atoms with E-state index in [0.29, 0.717) is 24.5 Å². The second kappa shape index (κ2) is 6.44. The Morgan fingerprint density at radius 2 is 2.16 bits per heavy atom. The minimum Gasteiger partial charge on any atom is -0.508 e. The number of thiophene rings is 1. The topological polar surface area (TPSA) is 58.4 Å². The number of benzene rings is 1. The van der Waals surface area contributed by atoms with Crippen LogP contribution in [0.3, 0.4) is 0 Å². The first-order valence-electron chi connectivity index (χ1n) is 8.20. The Morgan fingerprint density at radius 1 is 1.32 bits per heavy atom. The molecule has 0 amide bonds. The Hall–Kier alpha value is -1.89. The third kappa shape index (κ3) is 3.05. The number of aromatic hydroxyl groups is 1. The van der Waals surface area contributed by atoms with Crippen LogP contribution in [0.15, 0.2) is 28.4 Å². The largest absolute Gasteiger partial charge is 0.508 e. The Balaban J connectivity index is 1.62. The van der Waals surface area contributed by atoms with Crippen LogP contribution in [0.25, 0.3) is 10.2 Å². The van der Waals surface area contributed by atoms with Crippen molar-refractivity contribution in [1.82, 2.24) is 14.5 Å². The molecule has 0 aliphatic carbocycles. The van der Waals surface area contributed by atoms with Crippen molar-refractivity contribution in [3.05, 3.63) is 55.9 Å². The number of hydrogen-bond donors (Lipinski definition) is 1.